The fourth-order valence-electron chi connectivity index (χ4n) is 0.606. The van der Waals surface area contributed by atoms with Crippen molar-refractivity contribution in [1.29, 1.82) is 0 Å². The van der Waals surface area contributed by atoms with Gasteiger partial charge in [0.25, 0.3) is 0 Å². The van der Waals surface area contributed by atoms with E-state index in [1.807, 2.05) is 0 Å². The van der Waals surface area contributed by atoms with E-state index in [4.69, 9.17) is 0 Å². The summed E-state index contributed by atoms with van der Waals surface area (Å²) in [6, 6.07) is 0. The molecule has 0 atom stereocenters. The van der Waals surface area contributed by atoms with Gasteiger partial charge in [0.15, 0.2) is 0 Å². The minimum atomic E-state index is -0.571. The summed E-state index contributed by atoms with van der Waals surface area (Å²) in [6.45, 7) is 2.22. The standard InChI is InChI=1S/C8H18S/c1-5-6-7-8-9(2,3)4/h8H,2,5-7H2,1,3-4H3. The quantitative estimate of drug-likeness (QED) is 0.424. The van der Waals surface area contributed by atoms with Crippen LogP contribution in [0.3, 0.4) is 0 Å². The molecule has 0 aromatic rings. The average Bonchev–Trinajstić information content (AvgIpc) is 1.63. The van der Waals surface area contributed by atoms with Gasteiger partial charge >= 0.3 is 0 Å². The topological polar surface area (TPSA) is 0 Å². The summed E-state index contributed by atoms with van der Waals surface area (Å²) < 4.78 is 0. The number of unbranched alkanes of at least 4 members (excludes halogenated alkanes) is 2. The lowest BCUT2D eigenvalue weighted by Gasteiger charge is -1.98. The van der Waals surface area contributed by atoms with Gasteiger partial charge in [-0.1, -0.05) is 24.6 Å². The Hall–Kier alpha value is 0.0900. The molecule has 0 aliphatic heterocycles. The minimum absolute atomic E-state index is 0.571. The Labute approximate surface area is 59.8 Å². The molecule has 0 saturated carbocycles. The molecule has 0 amide bonds. The zero-order valence-corrected chi connectivity index (χ0v) is 7.63. The van der Waals surface area contributed by atoms with Crippen LogP contribution in [0, 0.1) is 0 Å². The van der Waals surface area contributed by atoms with Crippen LogP contribution in [0.15, 0.2) is 0 Å². The zero-order chi connectivity index (χ0) is 7.33. The van der Waals surface area contributed by atoms with Crippen molar-refractivity contribution in [2.45, 2.75) is 26.2 Å². The Balaban J connectivity index is 3.59. The summed E-state index contributed by atoms with van der Waals surface area (Å²) in [5.41, 5.74) is 0. The van der Waals surface area contributed by atoms with Crippen LogP contribution in [0.2, 0.25) is 0 Å². The van der Waals surface area contributed by atoms with E-state index >= 15 is 0 Å². The normalized spacial score (nSPS) is 11.4. The lowest BCUT2D eigenvalue weighted by molar-refractivity contribution is 0.846. The molecule has 0 N–H and O–H groups in total. The highest BCUT2D eigenvalue weighted by Crippen LogP contribution is 2.08. The first-order chi connectivity index (χ1) is 4.06. The number of rotatable bonds is 3. The first-order valence-electron chi connectivity index (χ1n) is 3.46. The first kappa shape index (κ1) is 9.09. The third-order valence-corrected chi connectivity index (χ3v) is 2.26. The molecule has 0 fully saturated rings. The molecule has 0 rings (SSSR count). The number of hydrogen-bond donors (Lipinski definition) is 0. The van der Waals surface area contributed by atoms with E-state index in [0.717, 1.165) is 0 Å². The van der Waals surface area contributed by atoms with E-state index in [9.17, 15) is 0 Å². The van der Waals surface area contributed by atoms with E-state index in [1.54, 1.807) is 0 Å². The van der Waals surface area contributed by atoms with Crippen LogP contribution in [0.25, 0.3) is 0 Å². The van der Waals surface area contributed by atoms with E-state index in [-0.39, 0.29) is 0 Å². The van der Waals surface area contributed by atoms with E-state index < -0.39 is 9.21 Å². The van der Waals surface area contributed by atoms with Gasteiger partial charge in [0.1, 0.15) is 0 Å². The SMILES string of the molecule is C=S(C)(C)=CCCCC. The molecule has 0 spiro atoms. The molecule has 56 valence electrons. The fourth-order valence-corrected chi connectivity index (χ4v) is 1.41. The zero-order valence-electron chi connectivity index (χ0n) is 6.81. The summed E-state index contributed by atoms with van der Waals surface area (Å²) in [5, 5.41) is 2.37. The molecular formula is C8H18S. The van der Waals surface area contributed by atoms with Crippen LogP contribution in [-0.4, -0.2) is 23.7 Å². The van der Waals surface area contributed by atoms with Gasteiger partial charge in [-0.05, 0) is 25.4 Å². The van der Waals surface area contributed by atoms with Crippen molar-refractivity contribution in [2.75, 3.05) is 12.5 Å². The van der Waals surface area contributed by atoms with Gasteiger partial charge in [0, 0.05) is 0 Å². The van der Waals surface area contributed by atoms with Crippen LogP contribution >= 0.6 is 9.21 Å². The third-order valence-electron chi connectivity index (χ3n) is 1.13. The largest absolute Gasteiger partial charge is 0.217 e. The smallest absolute Gasteiger partial charge is 0.0286 e. The maximum absolute atomic E-state index is 4.07. The monoisotopic (exact) mass is 146 g/mol. The molecule has 0 aromatic carbocycles. The first-order valence-corrected chi connectivity index (χ1v) is 6.14. The summed E-state index contributed by atoms with van der Waals surface area (Å²) in [7, 11) is -0.571. The van der Waals surface area contributed by atoms with Crippen molar-refractivity contribution >= 4 is 20.4 Å². The van der Waals surface area contributed by atoms with E-state index in [1.165, 1.54) is 19.3 Å². The van der Waals surface area contributed by atoms with Crippen molar-refractivity contribution < 1.29 is 0 Å². The predicted octanol–water partition coefficient (Wildman–Crippen LogP) is 2.48. The maximum Gasteiger partial charge on any atom is -0.0286 e. The van der Waals surface area contributed by atoms with Gasteiger partial charge in [-0.25, -0.2) is 9.21 Å². The molecule has 0 unspecified atom stereocenters. The minimum Gasteiger partial charge on any atom is -0.217 e. The summed E-state index contributed by atoms with van der Waals surface area (Å²) in [5.74, 6) is 4.07. The second-order valence-electron chi connectivity index (χ2n) is 2.93. The lowest BCUT2D eigenvalue weighted by atomic mass is 10.3. The molecule has 0 bridgehead atoms. The molecule has 9 heavy (non-hydrogen) atoms. The van der Waals surface area contributed by atoms with Gasteiger partial charge in [-0.15, -0.1) is 0 Å². The highest BCUT2D eigenvalue weighted by atomic mass is 32.2. The fraction of sp³-hybridized carbons (Fsp3) is 0.750. The van der Waals surface area contributed by atoms with Crippen LogP contribution in [0.1, 0.15) is 26.2 Å². The van der Waals surface area contributed by atoms with Crippen molar-refractivity contribution in [3.63, 3.8) is 0 Å². The molecule has 0 radical (unpaired) electrons. The van der Waals surface area contributed by atoms with Crippen LogP contribution in [0.5, 0.6) is 0 Å². The Morgan fingerprint density at radius 2 is 2.00 bits per heavy atom. The molecular weight excluding hydrogens is 128 g/mol. The highest BCUT2D eigenvalue weighted by Gasteiger charge is 1.80. The third kappa shape index (κ3) is 8.09. The molecule has 0 saturated heterocycles. The predicted molar refractivity (Wildman–Crippen MR) is 52.1 cm³/mol. The number of hydrogen-bond acceptors (Lipinski definition) is 0. The summed E-state index contributed by atoms with van der Waals surface area (Å²) in [4.78, 5) is 0. The Morgan fingerprint density at radius 1 is 1.44 bits per heavy atom. The van der Waals surface area contributed by atoms with Gasteiger partial charge < -0.3 is 0 Å². The Morgan fingerprint density at radius 3 is 2.33 bits per heavy atom. The van der Waals surface area contributed by atoms with Crippen molar-refractivity contribution in [3.8, 4) is 0 Å². The highest BCUT2D eigenvalue weighted by molar-refractivity contribution is 8.27. The van der Waals surface area contributed by atoms with E-state index in [0.29, 0.717) is 0 Å². The van der Waals surface area contributed by atoms with E-state index in [2.05, 4.69) is 30.7 Å². The molecule has 1 heteroatoms. The molecule has 0 nitrogen and oxygen atoms in total. The molecule has 0 aliphatic rings. The van der Waals surface area contributed by atoms with Crippen LogP contribution in [-0.2, 0) is 0 Å². The second-order valence-corrected chi connectivity index (χ2v) is 6.51. The lowest BCUT2D eigenvalue weighted by Crippen LogP contribution is -1.78. The van der Waals surface area contributed by atoms with Crippen molar-refractivity contribution in [1.82, 2.24) is 0 Å². The average molecular weight is 146 g/mol. The van der Waals surface area contributed by atoms with Crippen molar-refractivity contribution in [2.24, 2.45) is 0 Å². The van der Waals surface area contributed by atoms with Gasteiger partial charge in [-0.2, -0.15) is 0 Å². The maximum atomic E-state index is 4.07. The van der Waals surface area contributed by atoms with Crippen LogP contribution in [0.4, 0.5) is 0 Å². The summed E-state index contributed by atoms with van der Waals surface area (Å²) in [6.07, 6.45) is 8.33. The Kier molecular flexibility index (Phi) is 4.03. The van der Waals surface area contributed by atoms with Gasteiger partial charge in [0.05, 0.1) is 0 Å². The van der Waals surface area contributed by atoms with Crippen molar-refractivity contribution in [3.05, 3.63) is 0 Å². The molecule has 0 aliphatic carbocycles. The summed E-state index contributed by atoms with van der Waals surface area (Å²) >= 11 is 0. The molecule has 0 heterocycles. The van der Waals surface area contributed by atoms with Crippen LogP contribution < -0.4 is 0 Å². The van der Waals surface area contributed by atoms with Gasteiger partial charge in [0.2, 0.25) is 0 Å². The Bertz CT molecular complexity index is 151. The second kappa shape index (κ2) is 3.99. The van der Waals surface area contributed by atoms with Gasteiger partial charge in [-0.3, -0.25) is 0 Å². The molecule has 0 aromatic heterocycles.